The summed E-state index contributed by atoms with van der Waals surface area (Å²) in [4.78, 5) is 41.1. The SMILES string of the molecule is O=C(NCc1ccccc1)[C@H]1CC[C@@H]2CN1C(=O)N2C(=O)c1ccccc1. The van der Waals surface area contributed by atoms with Crippen molar-refractivity contribution in [3.63, 3.8) is 0 Å². The quantitative estimate of drug-likeness (QED) is 0.907. The van der Waals surface area contributed by atoms with Crippen LogP contribution < -0.4 is 5.32 Å². The standard InChI is InChI=1S/C21H21N3O3/c25-19(22-13-15-7-3-1-4-8-15)18-12-11-17-14-23(18)21(27)24(17)20(26)16-9-5-2-6-10-16/h1-10,17-18H,11-14H2,(H,22,25)/t17-,18-/m1/s1. The van der Waals surface area contributed by atoms with Crippen LogP contribution in [0.1, 0.15) is 28.8 Å². The second-order valence-electron chi connectivity index (χ2n) is 6.93. The minimum absolute atomic E-state index is 0.164. The number of hydrogen-bond donors (Lipinski definition) is 1. The van der Waals surface area contributed by atoms with Gasteiger partial charge in [-0.2, -0.15) is 0 Å². The van der Waals surface area contributed by atoms with Gasteiger partial charge in [0, 0.05) is 18.7 Å². The maximum Gasteiger partial charge on any atom is 0.328 e. The Morgan fingerprint density at radius 3 is 2.33 bits per heavy atom. The lowest BCUT2D eigenvalue weighted by atomic mass is 9.99. The zero-order valence-corrected chi connectivity index (χ0v) is 14.9. The molecule has 2 fully saturated rings. The Labute approximate surface area is 157 Å². The van der Waals surface area contributed by atoms with E-state index in [-0.39, 0.29) is 23.9 Å². The fraction of sp³-hybridized carbons (Fsp3) is 0.286. The molecule has 2 heterocycles. The summed E-state index contributed by atoms with van der Waals surface area (Å²) in [6, 6.07) is 17.4. The summed E-state index contributed by atoms with van der Waals surface area (Å²) in [5.74, 6) is -0.460. The number of nitrogens with zero attached hydrogens (tertiary/aromatic N) is 2. The van der Waals surface area contributed by atoms with Crippen molar-refractivity contribution in [3.05, 3.63) is 71.8 Å². The molecular formula is C21H21N3O3. The Bertz CT molecular complexity index is 853. The summed E-state index contributed by atoms with van der Waals surface area (Å²) in [6.07, 6.45) is 1.21. The number of imide groups is 1. The average molecular weight is 363 g/mol. The predicted octanol–water partition coefficient (Wildman–Crippen LogP) is 2.41. The number of piperidine rings is 1. The van der Waals surface area contributed by atoms with E-state index in [9.17, 15) is 14.4 Å². The van der Waals surface area contributed by atoms with Crippen molar-refractivity contribution in [3.8, 4) is 0 Å². The molecule has 138 valence electrons. The first-order chi connectivity index (χ1) is 13.1. The molecule has 4 rings (SSSR count). The van der Waals surface area contributed by atoms with Gasteiger partial charge < -0.3 is 10.2 Å². The van der Waals surface area contributed by atoms with E-state index in [0.29, 0.717) is 31.5 Å². The number of amides is 4. The predicted molar refractivity (Wildman–Crippen MR) is 99.8 cm³/mol. The fourth-order valence-corrected chi connectivity index (χ4v) is 3.82. The molecule has 4 amide bonds. The van der Waals surface area contributed by atoms with Crippen LogP contribution in [0.25, 0.3) is 0 Å². The number of fused-ring (bicyclic) bond motifs is 2. The van der Waals surface area contributed by atoms with E-state index in [1.165, 1.54) is 9.80 Å². The van der Waals surface area contributed by atoms with Gasteiger partial charge in [-0.15, -0.1) is 0 Å². The summed E-state index contributed by atoms with van der Waals surface area (Å²) >= 11 is 0. The number of rotatable bonds is 4. The van der Waals surface area contributed by atoms with Crippen molar-refractivity contribution in [2.75, 3.05) is 6.54 Å². The van der Waals surface area contributed by atoms with Crippen LogP contribution in [0.2, 0.25) is 0 Å². The van der Waals surface area contributed by atoms with Gasteiger partial charge in [-0.3, -0.25) is 14.5 Å². The normalized spacial score (nSPS) is 21.3. The molecule has 2 aromatic rings. The zero-order valence-electron chi connectivity index (χ0n) is 14.9. The van der Waals surface area contributed by atoms with Crippen molar-refractivity contribution >= 4 is 17.8 Å². The van der Waals surface area contributed by atoms with Crippen LogP contribution in [0, 0.1) is 0 Å². The van der Waals surface area contributed by atoms with Gasteiger partial charge in [-0.1, -0.05) is 48.5 Å². The molecule has 27 heavy (non-hydrogen) atoms. The largest absolute Gasteiger partial charge is 0.350 e. The van der Waals surface area contributed by atoms with E-state index in [4.69, 9.17) is 0 Å². The molecular weight excluding hydrogens is 342 g/mol. The molecule has 1 N–H and O–H groups in total. The van der Waals surface area contributed by atoms with Crippen molar-refractivity contribution in [1.29, 1.82) is 0 Å². The molecule has 2 bridgehead atoms. The van der Waals surface area contributed by atoms with Crippen molar-refractivity contribution in [2.45, 2.75) is 31.5 Å². The zero-order chi connectivity index (χ0) is 18.8. The highest BCUT2D eigenvalue weighted by atomic mass is 16.2. The number of carbonyl (C=O) groups is 3. The molecule has 6 nitrogen and oxygen atoms in total. The summed E-state index contributed by atoms with van der Waals surface area (Å²) in [5, 5.41) is 2.91. The number of nitrogens with one attached hydrogen (secondary N) is 1. The van der Waals surface area contributed by atoms with E-state index in [2.05, 4.69) is 5.32 Å². The van der Waals surface area contributed by atoms with E-state index < -0.39 is 6.04 Å². The smallest absolute Gasteiger partial charge is 0.328 e. The molecule has 6 heteroatoms. The third-order valence-corrected chi connectivity index (χ3v) is 5.23. The lowest BCUT2D eigenvalue weighted by Gasteiger charge is -2.29. The van der Waals surface area contributed by atoms with Gasteiger partial charge in [0.05, 0.1) is 6.04 Å². The monoisotopic (exact) mass is 363 g/mol. The minimum Gasteiger partial charge on any atom is -0.350 e. The van der Waals surface area contributed by atoms with E-state index >= 15 is 0 Å². The van der Waals surface area contributed by atoms with Crippen LogP contribution in [0.4, 0.5) is 4.79 Å². The third kappa shape index (κ3) is 3.30. The minimum atomic E-state index is -0.522. The molecule has 0 aliphatic carbocycles. The van der Waals surface area contributed by atoms with E-state index in [1.54, 1.807) is 24.3 Å². The maximum atomic E-state index is 12.8. The van der Waals surface area contributed by atoms with Crippen LogP contribution >= 0.6 is 0 Å². The number of carbonyl (C=O) groups excluding carboxylic acids is 3. The van der Waals surface area contributed by atoms with Crippen LogP contribution in [0.5, 0.6) is 0 Å². The van der Waals surface area contributed by atoms with Gasteiger partial charge in [0.1, 0.15) is 6.04 Å². The van der Waals surface area contributed by atoms with Crippen molar-refractivity contribution in [2.24, 2.45) is 0 Å². The van der Waals surface area contributed by atoms with Gasteiger partial charge in [-0.25, -0.2) is 4.79 Å². The van der Waals surface area contributed by atoms with E-state index in [0.717, 1.165) is 5.56 Å². The molecule has 2 aliphatic heterocycles. The second-order valence-corrected chi connectivity index (χ2v) is 6.93. The van der Waals surface area contributed by atoms with Gasteiger partial charge in [-0.05, 0) is 30.5 Å². The molecule has 2 aliphatic rings. The van der Waals surface area contributed by atoms with Gasteiger partial charge in [0.2, 0.25) is 5.91 Å². The van der Waals surface area contributed by atoms with Crippen LogP contribution in [-0.2, 0) is 11.3 Å². The number of hydrogen-bond acceptors (Lipinski definition) is 3. The lowest BCUT2D eigenvalue weighted by molar-refractivity contribution is -0.126. The maximum absolute atomic E-state index is 12.8. The van der Waals surface area contributed by atoms with Gasteiger partial charge in [0.15, 0.2) is 0 Å². The van der Waals surface area contributed by atoms with Crippen molar-refractivity contribution in [1.82, 2.24) is 15.1 Å². The molecule has 0 unspecified atom stereocenters. The Hall–Kier alpha value is -3.15. The average Bonchev–Trinajstić information content (AvgIpc) is 2.97. The molecule has 2 aromatic carbocycles. The van der Waals surface area contributed by atoms with Crippen LogP contribution in [0.15, 0.2) is 60.7 Å². The lowest BCUT2D eigenvalue weighted by Crippen LogP contribution is -2.49. The van der Waals surface area contributed by atoms with Gasteiger partial charge in [0.25, 0.3) is 5.91 Å². The molecule has 2 atom stereocenters. The molecule has 0 radical (unpaired) electrons. The third-order valence-electron chi connectivity index (χ3n) is 5.23. The number of urea groups is 1. The first-order valence-corrected chi connectivity index (χ1v) is 9.16. The number of benzene rings is 2. The fourth-order valence-electron chi connectivity index (χ4n) is 3.82. The van der Waals surface area contributed by atoms with Crippen molar-refractivity contribution < 1.29 is 14.4 Å². The summed E-state index contributed by atoms with van der Waals surface area (Å²) in [6.45, 7) is 0.842. The van der Waals surface area contributed by atoms with E-state index in [1.807, 2.05) is 36.4 Å². The second kappa shape index (κ2) is 7.23. The van der Waals surface area contributed by atoms with Crippen LogP contribution in [0.3, 0.4) is 0 Å². The first kappa shape index (κ1) is 17.3. The summed E-state index contributed by atoms with van der Waals surface area (Å²) in [5.41, 5.74) is 1.50. The highest BCUT2D eigenvalue weighted by molar-refractivity contribution is 6.06. The molecule has 0 spiro atoms. The topological polar surface area (TPSA) is 69.7 Å². The Kier molecular flexibility index (Phi) is 4.62. The Morgan fingerprint density at radius 1 is 0.963 bits per heavy atom. The molecule has 2 saturated heterocycles. The Morgan fingerprint density at radius 2 is 1.63 bits per heavy atom. The summed E-state index contributed by atoms with van der Waals surface area (Å²) in [7, 11) is 0. The van der Waals surface area contributed by atoms with Crippen LogP contribution in [-0.4, -0.2) is 46.3 Å². The highest BCUT2D eigenvalue weighted by Crippen LogP contribution is 2.31. The first-order valence-electron chi connectivity index (χ1n) is 9.16. The molecule has 0 saturated carbocycles. The van der Waals surface area contributed by atoms with Gasteiger partial charge >= 0.3 is 6.03 Å². The Balaban J connectivity index is 1.44. The highest BCUT2D eigenvalue weighted by Gasteiger charge is 2.49. The molecule has 0 aromatic heterocycles. The summed E-state index contributed by atoms with van der Waals surface area (Å²) < 4.78 is 0.